The predicted molar refractivity (Wildman–Crippen MR) is 136 cm³/mol. The summed E-state index contributed by atoms with van der Waals surface area (Å²) < 4.78 is 21.3. The molecule has 3 aromatic carbocycles. The lowest BCUT2D eigenvalue weighted by Gasteiger charge is -2.15. The van der Waals surface area contributed by atoms with Crippen LogP contribution in [0.4, 0.5) is 0 Å². The van der Waals surface area contributed by atoms with E-state index in [9.17, 15) is 9.90 Å². The van der Waals surface area contributed by atoms with Gasteiger partial charge in [-0.2, -0.15) is 0 Å². The van der Waals surface area contributed by atoms with E-state index in [-0.39, 0.29) is 6.61 Å². The van der Waals surface area contributed by atoms with Crippen molar-refractivity contribution in [2.75, 3.05) is 34.5 Å². The molecule has 7 nitrogen and oxygen atoms in total. The molecule has 3 aromatic rings. The monoisotopic (exact) mass is 477 g/mol. The Hall–Kier alpha value is -3.81. The van der Waals surface area contributed by atoms with Crippen LogP contribution in [0.25, 0.3) is 11.6 Å². The van der Waals surface area contributed by atoms with Crippen molar-refractivity contribution < 1.29 is 28.8 Å². The van der Waals surface area contributed by atoms with E-state index in [0.717, 1.165) is 28.2 Å². The molecule has 0 fully saturated rings. The highest BCUT2D eigenvalue weighted by atomic mass is 16.5. The quantitative estimate of drug-likeness (QED) is 0.232. The molecular formula is C28H31NO6. The van der Waals surface area contributed by atoms with E-state index in [4.69, 9.17) is 18.9 Å². The fourth-order valence-electron chi connectivity index (χ4n) is 3.44. The molecule has 0 aliphatic rings. The van der Waals surface area contributed by atoms with Gasteiger partial charge in [-0.05, 0) is 35.4 Å². The second-order valence-electron chi connectivity index (χ2n) is 7.76. The fraction of sp³-hybridized carbons (Fsp3) is 0.250. The molecule has 0 radical (unpaired) electrons. The first-order chi connectivity index (χ1) is 17.0. The number of methoxy groups -OCH3 is 3. The van der Waals surface area contributed by atoms with Crippen LogP contribution < -0.4 is 19.5 Å². The van der Waals surface area contributed by atoms with Crippen molar-refractivity contribution in [3.05, 3.63) is 89.5 Å². The van der Waals surface area contributed by atoms with Gasteiger partial charge in [-0.3, -0.25) is 0 Å². The Morgan fingerprint density at radius 3 is 2.31 bits per heavy atom. The minimum Gasteiger partial charge on any atom is -0.497 e. The van der Waals surface area contributed by atoms with Crippen molar-refractivity contribution >= 4 is 17.6 Å². The summed E-state index contributed by atoms with van der Waals surface area (Å²) in [5, 5.41) is 13.5. The van der Waals surface area contributed by atoms with Crippen LogP contribution >= 0.6 is 0 Å². The number of carbonyl (C=O) groups is 1. The zero-order valence-electron chi connectivity index (χ0n) is 20.2. The van der Waals surface area contributed by atoms with Gasteiger partial charge in [0.25, 0.3) is 0 Å². The maximum Gasteiger partial charge on any atom is 0.338 e. The van der Waals surface area contributed by atoms with Gasteiger partial charge in [0.2, 0.25) is 0 Å². The van der Waals surface area contributed by atoms with Crippen molar-refractivity contribution in [1.82, 2.24) is 5.32 Å². The molecule has 0 aliphatic heterocycles. The van der Waals surface area contributed by atoms with Crippen LogP contribution in [-0.4, -0.2) is 51.7 Å². The van der Waals surface area contributed by atoms with Crippen LogP contribution in [0.1, 0.15) is 16.7 Å². The number of carbonyl (C=O) groups excluding carboxylic acids is 1. The maximum atomic E-state index is 12.2. The highest BCUT2D eigenvalue weighted by Crippen LogP contribution is 2.24. The number of rotatable bonds is 12. The average molecular weight is 478 g/mol. The van der Waals surface area contributed by atoms with Gasteiger partial charge in [0.1, 0.15) is 30.0 Å². The van der Waals surface area contributed by atoms with E-state index in [1.807, 2.05) is 60.7 Å². The van der Waals surface area contributed by atoms with Gasteiger partial charge in [-0.15, -0.1) is 0 Å². The van der Waals surface area contributed by atoms with Gasteiger partial charge in [0.05, 0.1) is 26.9 Å². The molecular weight excluding hydrogens is 446 g/mol. The van der Waals surface area contributed by atoms with Crippen molar-refractivity contribution in [3.8, 4) is 17.2 Å². The Bertz CT molecular complexity index is 1110. The van der Waals surface area contributed by atoms with Crippen LogP contribution in [0.15, 0.2) is 72.8 Å². The summed E-state index contributed by atoms with van der Waals surface area (Å²) in [5.74, 6) is 1.67. The Balaban J connectivity index is 1.52. The molecule has 3 rings (SSSR count). The molecule has 7 heteroatoms. The van der Waals surface area contributed by atoms with Crippen LogP contribution in [0.5, 0.6) is 17.2 Å². The number of benzene rings is 3. The summed E-state index contributed by atoms with van der Waals surface area (Å²) >= 11 is 0. The number of hydrogen-bond acceptors (Lipinski definition) is 7. The summed E-state index contributed by atoms with van der Waals surface area (Å²) in [6.45, 7) is 1.03. The largest absolute Gasteiger partial charge is 0.497 e. The summed E-state index contributed by atoms with van der Waals surface area (Å²) in [7, 11) is 4.58. The van der Waals surface area contributed by atoms with E-state index >= 15 is 0 Å². The second kappa shape index (κ2) is 13.2. The smallest absolute Gasteiger partial charge is 0.338 e. The minimum atomic E-state index is -0.692. The maximum absolute atomic E-state index is 12.2. The summed E-state index contributed by atoms with van der Waals surface area (Å²) in [4.78, 5) is 12.2. The van der Waals surface area contributed by atoms with Crippen LogP contribution in [0.2, 0.25) is 0 Å². The summed E-state index contributed by atoms with van der Waals surface area (Å²) in [6.07, 6.45) is 1.08. The van der Waals surface area contributed by atoms with Crippen LogP contribution in [0.3, 0.4) is 0 Å². The topological polar surface area (TPSA) is 86.3 Å². The van der Waals surface area contributed by atoms with E-state index < -0.39 is 12.1 Å². The van der Waals surface area contributed by atoms with Crippen molar-refractivity contribution in [1.29, 1.82) is 0 Å². The average Bonchev–Trinajstić information content (AvgIpc) is 2.91. The molecule has 35 heavy (non-hydrogen) atoms. The Labute approximate surface area is 205 Å². The number of hydrogen-bond donors (Lipinski definition) is 2. The Morgan fingerprint density at radius 2 is 1.66 bits per heavy atom. The SMILES string of the molecule is COC(=O)/C(=C/c1ccc(OCC(O)CNCc2ccc(OC)cc2OC)cc1)c1ccccc1. The molecule has 0 saturated heterocycles. The zero-order chi connectivity index (χ0) is 25.0. The second-order valence-corrected chi connectivity index (χ2v) is 7.76. The molecule has 0 amide bonds. The lowest BCUT2D eigenvalue weighted by molar-refractivity contribution is -0.133. The molecule has 0 spiro atoms. The third kappa shape index (κ3) is 7.60. The van der Waals surface area contributed by atoms with E-state index in [1.54, 1.807) is 32.4 Å². The number of aliphatic hydroxyl groups is 1. The minimum absolute atomic E-state index is 0.138. The normalized spacial score (nSPS) is 12.1. The third-order valence-electron chi connectivity index (χ3n) is 5.31. The first-order valence-electron chi connectivity index (χ1n) is 11.2. The predicted octanol–water partition coefficient (Wildman–Crippen LogP) is 3.95. The highest BCUT2D eigenvalue weighted by Gasteiger charge is 2.12. The molecule has 0 heterocycles. The Kier molecular flexibility index (Phi) is 9.71. The molecule has 0 saturated carbocycles. The number of esters is 1. The third-order valence-corrected chi connectivity index (χ3v) is 5.31. The van der Waals surface area contributed by atoms with E-state index in [1.165, 1.54) is 7.11 Å². The standard InChI is InChI=1S/C28H31NO6/c1-32-25-14-11-22(27(16-25)33-2)17-29-18-23(30)19-35-24-12-9-20(10-13-24)15-26(28(31)34-3)21-7-5-4-6-8-21/h4-16,23,29-30H,17-19H2,1-3H3/b26-15+. The zero-order valence-corrected chi connectivity index (χ0v) is 20.2. The molecule has 0 aromatic heterocycles. The van der Waals surface area contributed by atoms with Gasteiger partial charge < -0.3 is 29.4 Å². The molecule has 1 unspecified atom stereocenters. The lowest BCUT2D eigenvalue weighted by Crippen LogP contribution is -2.31. The number of nitrogens with one attached hydrogen (secondary N) is 1. The molecule has 2 N–H and O–H groups in total. The van der Waals surface area contributed by atoms with Crippen molar-refractivity contribution in [2.24, 2.45) is 0 Å². The lowest BCUT2D eigenvalue weighted by atomic mass is 10.0. The van der Waals surface area contributed by atoms with Crippen LogP contribution in [-0.2, 0) is 16.1 Å². The first-order valence-corrected chi connectivity index (χ1v) is 11.2. The molecule has 0 bridgehead atoms. The van der Waals surface area contributed by atoms with Crippen molar-refractivity contribution in [3.63, 3.8) is 0 Å². The molecule has 0 aliphatic carbocycles. The van der Waals surface area contributed by atoms with Gasteiger partial charge >= 0.3 is 5.97 Å². The Morgan fingerprint density at radius 1 is 0.943 bits per heavy atom. The highest BCUT2D eigenvalue weighted by molar-refractivity contribution is 6.21. The van der Waals surface area contributed by atoms with Crippen molar-refractivity contribution in [2.45, 2.75) is 12.6 Å². The number of ether oxygens (including phenoxy) is 4. The summed E-state index contributed by atoms with van der Waals surface area (Å²) in [5.41, 5.74) is 3.04. The molecule has 184 valence electrons. The van der Waals surface area contributed by atoms with E-state index in [2.05, 4.69) is 5.32 Å². The van der Waals surface area contributed by atoms with E-state index in [0.29, 0.717) is 24.4 Å². The summed E-state index contributed by atoms with van der Waals surface area (Å²) in [6, 6.07) is 22.3. The first kappa shape index (κ1) is 25.8. The van der Waals surface area contributed by atoms with Gasteiger partial charge in [-0.1, -0.05) is 48.5 Å². The fourth-order valence-corrected chi connectivity index (χ4v) is 3.44. The number of aliphatic hydroxyl groups excluding tert-OH is 1. The molecule has 1 atom stereocenters. The van der Waals surface area contributed by atoms with Gasteiger partial charge in [0.15, 0.2) is 0 Å². The van der Waals surface area contributed by atoms with Gasteiger partial charge in [-0.25, -0.2) is 4.79 Å². The van der Waals surface area contributed by atoms with Crippen LogP contribution in [0, 0.1) is 0 Å². The van der Waals surface area contributed by atoms with Gasteiger partial charge in [0, 0.05) is 24.7 Å².